The molecule has 1 amide bonds. The van der Waals surface area contributed by atoms with Crippen molar-refractivity contribution in [3.63, 3.8) is 0 Å². The summed E-state index contributed by atoms with van der Waals surface area (Å²) < 4.78 is 2.23. The van der Waals surface area contributed by atoms with Gasteiger partial charge in [0.2, 0.25) is 5.91 Å². The van der Waals surface area contributed by atoms with Gasteiger partial charge in [-0.05, 0) is 98.7 Å². The fraction of sp³-hybridized carbons (Fsp3) is 0.233. The highest BCUT2D eigenvalue weighted by molar-refractivity contribution is 7.80. The standard InChI is InChI=1S/C30H30ClN5OS/c1-19-7-6-8-23(17-19)33-27(37)14-16-35-29(28(34-30(35)38)26-9-4-5-15-32-26)25-18-20(2)36(21(25)3)24-12-10-22(31)11-13-24/h4-13,15,17-18,28-29H,14,16H2,1-3H3,(H,33,37)(H,34,38)/t28-,29+/m0/s1. The lowest BCUT2D eigenvalue weighted by Gasteiger charge is -2.28. The van der Waals surface area contributed by atoms with Gasteiger partial charge in [-0.25, -0.2) is 0 Å². The number of rotatable bonds is 7. The summed E-state index contributed by atoms with van der Waals surface area (Å²) in [5.41, 5.74) is 7.20. The number of anilines is 1. The zero-order valence-electron chi connectivity index (χ0n) is 21.6. The van der Waals surface area contributed by atoms with Crippen molar-refractivity contribution in [1.82, 2.24) is 19.8 Å². The second-order valence-corrected chi connectivity index (χ2v) is 10.4. The molecule has 2 atom stereocenters. The van der Waals surface area contributed by atoms with Crippen LogP contribution in [0.1, 0.15) is 46.7 Å². The molecule has 6 nitrogen and oxygen atoms in total. The lowest BCUT2D eigenvalue weighted by atomic mass is 9.96. The third-order valence-electron chi connectivity index (χ3n) is 6.95. The van der Waals surface area contributed by atoms with Gasteiger partial charge in [0.05, 0.1) is 17.8 Å². The Morgan fingerprint density at radius 3 is 2.55 bits per heavy atom. The Kier molecular flexibility index (Phi) is 7.49. The van der Waals surface area contributed by atoms with Gasteiger partial charge in [-0.1, -0.05) is 29.8 Å². The summed E-state index contributed by atoms with van der Waals surface area (Å²) in [6.45, 7) is 6.70. The van der Waals surface area contributed by atoms with Crippen LogP contribution in [-0.4, -0.2) is 32.0 Å². The van der Waals surface area contributed by atoms with E-state index in [1.54, 1.807) is 6.20 Å². The lowest BCUT2D eigenvalue weighted by molar-refractivity contribution is -0.116. The summed E-state index contributed by atoms with van der Waals surface area (Å²) in [4.78, 5) is 19.7. The largest absolute Gasteiger partial charge is 0.352 e. The van der Waals surface area contributed by atoms with Crippen molar-refractivity contribution < 1.29 is 4.79 Å². The van der Waals surface area contributed by atoms with Crippen LogP contribution in [0.2, 0.25) is 5.02 Å². The zero-order chi connectivity index (χ0) is 26.8. The second-order valence-electron chi connectivity index (χ2n) is 9.63. The van der Waals surface area contributed by atoms with Gasteiger partial charge in [0, 0.05) is 46.9 Å². The number of pyridine rings is 1. The maximum atomic E-state index is 12.9. The van der Waals surface area contributed by atoms with Gasteiger partial charge < -0.3 is 20.1 Å². The minimum Gasteiger partial charge on any atom is -0.352 e. The predicted molar refractivity (Wildman–Crippen MR) is 157 cm³/mol. The maximum absolute atomic E-state index is 12.9. The van der Waals surface area contributed by atoms with Gasteiger partial charge in [-0.2, -0.15) is 0 Å². The molecule has 0 aliphatic carbocycles. The van der Waals surface area contributed by atoms with E-state index in [0.717, 1.165) is 39.6 Å². The van der Waals surface area contributed by atoms with E-state index >= 15 is 0 Å². The molecule has 0 bridgehead atoms. The summed E-state index contributed by atoms with van der Waals surface area (Å²) in [6.07, 6.45) is 2.10. The first-order chi connectivity index (χ1) is 18.3. The van der Waals surface area contributed by atoms with E-state index in [1.807, 2.05) is 73.7 Å². The smallest absolute Gasteiger partial charge is 0.226 e. The average molecular weight is 544 g/mol. The second kappa shape index (κ2) is 11.0. The number of thiocarbonyl (C=S) groups is 1. The number of carbonyl (C=O) groups is 1. The Balaban J connectivity index is 1.46. The van der Waals surface area contributed by atoms with Crippen molar-refractivity contribution in [2.45, 2.75) is 39.3 Å². The molecule has 2 aromatic heterocycles. The van der Waals surface area contributed by atoms with Crippen LogP contribution in [0.15, 0.2) is 79.0 Å². The molecule has 0 radical (unpaired) electrons. The highest BCUT2D eigenvalue weighted by atomic mass is 35.5. The molecule has 4 aromatic rings. The van der Waals surface area contributed by atoms with E-state index < -0.39 is 0 Å². The molecule has 1 saturated heterocycles. The van der Waals surface area contributed by atoms with Gasteiger partial charge in [0.1, 0.15) is 0 Å². The SMILES string of the molecule is Cc1cccc(NC(=O)CCN2C(=S)N[C@@H](c3ccccn3)[C@H]2c2cc(C)n(-c3ccc(Cl)cc3)c2C)c1. The summed E-state index contributed by atoms with van der Waals surface area (Å²) in [6, 6.07) is 23.5. The number of nitrogens with one attached hydrogen (secondary N) is 2. The third-order valence-corrected chi connectivity index (χ3v) is 7.56. The molecule has 1 fully saturated rings. The van der Waals surface area contributed by atoms with Crippen LogP contribution in [0.3, 0.4) is 0 Å². The normalized spacial score (nSPS) is 16.9. The molecule has 38 heavy (non-hydrogen) atoms. The summed E-state index contributed by atoms with van der Waals surface area (Å²) in [5.74, 6) is -0.0509. The highest BCUT2D eigenvalue weighted by Gasteiger charge is 2.41. The summed E-state index contributed by atoms with van der Waals surface area (Å²) in [5, 5.41) is 7.82. The molecule has 5 rings (SSSR count). The van der Waals surface area contributed by atoms with E-state index in [4.69, 9.17) is 23.8 Å². The monoisotopic (exact) mass is 543 g/mol. The maximum Gasteiger partial charge on any atom is 0.226 e. The predicted octanol–water partition coefficient (Wildman–Crippen LogP) is 6.45. The van der Waals surface area contributed by atoms with E-state index in [-0.39, 0.29) is 18.0 Å². The van der Waals surface area contributed by atoms with Crippen LogP contribution < -0.4 is 10.6 Å². The molecule has 194 valence electrons. The number of aromatic nitrogens is 2. The van der Waals surface area contributed by atoms with Crippen LogP contribution in [0.25, 0.3) is 5.69 Å². The van der Waals surface area contributed by atoms with E-state index in [1.165, 1.54) is 0 Å². The van der Waals surface area contributed by atoms with E-state index in [0.29, 0.717) is 23.1 Å². The number of halogens is 1. The highest BCUT2D eigenvalue weighted by Crippen LogP contribution is 2.41. The Hall–Kier alpha value is -3.68. The van der Waals surface area contributed by atoms with Gasteiger partial charge in [-0.15, -0.1) is 0 Å². The number of carbonyl (C=O) groups excluding carboxylic acids is 1. The molecule has 2 N–H and O–H groups in total. The third kappa shape index (κ3) is 5.30. The topological polar surface area (TPSA) is 62.2 Å². The molecule has 0 spiro atoms. The van der Waals surface area contributed by atoms with Crippen molar-refractivity contribution in [2.24, 2.45) is 0 Å². The van der Waals surface area contributed by atoms with Crippen molar-refractivity contribution in [2.75, 3.05) is 11.9 Å². The number of benzene rings is 2. The molecular weight excluding hydrogens is 514 g/mol. The van der Waals surface area contributed by atoms with Crippen LogP contribution >= 0.6 is 23.8 Å². The number of hydrogen-bond donors (Lipinski definition) is 2. The fourth-order valence-corrected chi connectivity index (χ4v) is 5.69. The van der Waals surface area contributed by atoms with Crippen molar-refractivity contribution >= 4 is 40.5 Å². The van der Waals surface area contributed by atoms with Crippen LogP contribution in [0, 0.1) is 20.8 Å². The lowest BCUT2D eigenvalue weighted by Crippen LogP contribution is -2.32. The molecule has 2 aromatic carbocycles. The van der Waals surface area contributed by atoms with Gasteiger partial charge >= 0.3 is 0 Å². The average Bonchev–Trinajstić information content (AvgIpc) is 3.38. The molecule has 0 saturated carbocycles. The molecular formula is C30H30ClN5OS. The van der Waals surface area contributed by atoms with Crippen molar-refractivity contribution in [3.05, 3.63) is 112 Å². The fourth-order valence-electron chi connectivity index (χ4n) is 5.23. The minimum atomic E-state index is -0.150. The van der Waals surface area contributed by atoms with Crippen LogP contribution in [0.4, 0.5) is 5.69 Å². The number of amides is 1. The van der Waals surface area contributed by atoms with Gasteiger partial charge in [0.25, 0.3) is 0 Å². The molecule has 8 heteroatoms. The number of nitrogens with zero attached hydrogens (tertiary/aromatic N) is 3. The Labute approximate surface area is 233 Å². The number of hydrogen-bond acceptors (Lipinski definition) is 3. The molecule has 0 unspecified atom stereocenters. The van der Waals surface area contributed by atoms with Crippen molar-refractivity contribution in [3.8, 4) is 5.69 Å². The van der Waals surface area contributed by atoms with Gasteiger partial charge in [-0.3, -0.25) is 9.78 Å². The van der Waals surface area contributed by atoms with Crippen LogP contribution in [-0.2, 0) is 4.79 Å². The van der Waals surface area contributed by atoms with E-state index in [9.17, 15) is 4.79 Å². The quantitative estimate of drug-likeness (QED) is 0.262. The molecule has 1 aliphatic rings. The first-order valence-electron chi connectivity index (χ1n) is 12.6. The summed E-state index contributed by atoms with van der Waals surface area (Å²) in [7, 11) is 0. The summed E-state index contributed by atoms with van der Waals surface area (Å²) >= 11 is 12.0. The molecule has 3 heterocycles. The Morgan fingerprint density at radius 2 is 1.84 bits per heavy atom. The first kappa shape index (κ1) is 25.9. The Morgan fingerprint density at radius 1 is 1.05 bits per heavy atom. The zero-order valence-corrected chi connectivity index (χ0v) is 23.2. The van der Waals surface area contributed by atoms with Crippen LogP contribution in [0.5, 0.6) is 0 Å². The Bertz CT molecular complexity index is 1470. The van der Waals surface area contributed by atoms with E-state index in [2.05, 4.69) is 45.0 Å². The minimum absolute atomic E-state index is 0.0509. The van der Waals surface area contributed by atoms with Gasteiger partial charge in [0.15, 0.2) is 5.11 Å². The van der Waals surface area contributed by atoms with Crippen molar-refractivity contribution in [1.29, 1.82) is 0 Å². The number of aryl methyl sites for hydroxylation is 2. The first-order valence-corrected chi connectivity index (χ1v) is 13.4. The molecule has 1 aliphatic heterocycles.